The lowest BCUT2D eigenvalue weighted by Crippen LogP contribution is -2.07. The minimum Gasteiger partial charge on any atom is -0.364 e. The van der Waals surface area contributed by atoms with Gasteiger partial charge in [0.25, 0.3) is 0 Å². The van der Waals surface area contributed by atoms with E-state index in [9.17, 15) is 0 Å². The molecule has 21 heavy (non-hydrogen) atoms. The van der Waals surface area contributed by atoms with Gasteiger partial charge in [-0.1, -0.05) is 0 Å². The summed E-state index contributed by atoms with van der Waals surface area (Å²) in [4.78, 5) is 13.4. The second-order valence-electron chi connectivity index (χ2n) is 5.03. The molecule has 0 aromatic carbocycles. The van der Waals surface area contributed by atoms with Crippen molar-refractivity contribution in [3.63, 3.8) is 0 Å². The quantitative estimate of drug-likeness (QED) is 0.790. The molecule has 0 fully saturated rings. The van der Waals surface area contributed by atoms with Crippen LogP contribution in [0, 0.1) is 20.8 Å². The van der Waals surface area contributed by atoms with Gasteiger partial charge in [-0.05, 0) is 48.8 Å². The molecule has 0 bridgehead atoms. The Balaban J connectivity index is 1.83. The van der Waals surface area contributed by atoms with E-state index in [4.69, 9.17) is 0 Å². The minimum absolute atomic E-state index is 0.635. The van der Waals surface area contributed by atoms with Crippen molar-refractivity contribution in [1.29, 1.82) is 0 Å². The summed E-state index contributed by atoms with van der Waals surface area (Å²) in [6.45, 7) is 6.56. The first kappa shape index (κ1) is 14.0. The molecule has 3 heterocycles. The first-order valence-corrected chi connectivity index (χ1v) is 7.51. The number of nitrogens with one attached hydrogen (secondary N) is 1. The van der Waals surface area contributed by atoms with E-state index in [0.29, 0.717) is 6.54 Å². The lowest BCUT2D eigenvalue weighted by Gasteiger charge is -2.09. The number of hydrogen-bond acceptors (Lipinski definition) is 4. The van der Waals surface area contributed by atoms with Gasteiger partial charge in [0.2, 0.25) is 0 Å². The molecule has 0 saturated carbocycles. The topological polar surface area (TPSA) is 55.1 Å². The molecule has 0 amide bonds. The van der Waals surface area contributed by atoms with Crippen LogP contribution >= 0.6 is 15.9 Å². The Hall–Kier alpha value is -1.95. The Labute approximate surface area is 131 Å². The molecule has 0 atom stereocenters. The fourth-order valence-electron chi connectivity index (χ4n) is 2.22. The normalized spacial score (nSPS) is 11.0. The molecule has 0 aliphatic rings. The Morgan fingerprint density at radius 3 is 2.71 bits per heavy atom. The fraction of sp³-hybridized carbons (Fsp3) is 0.267. The molecule has 3 aromatic heterocycles. The number of anilines is 1. The van der Waals surface area contributed by atoms with Gasteiger partial charge in [-0.15, -0.1) is 0 Å². The van der Waals surface area contributed by atoms with Gasteiger partial charge >= 0.3 is 0 Å². The molecular formula is C15H16BrN5. The predicted octanol–water partition coefficient (Wildman–Crippen LogP) is 3.42. The number of rotatable bonds is 3. The van der Waals surface area contributed by atoms with E-state index < -0.39 is 0 Å². The number of aryl methyl sites for hydroxylation is 2. The van der Waals surface area contributed by atoms with Crippen LogP contribution in [0.1, 0.15) is 22.8 Å². The summed E-state index contributed by atoms with van der Waals surface area (Å²) in [5.74, 6) is 1.65. The summed E-state index contributed by atoms with van der Waals surface area (Å²) in [5.41, 5.74) is 3.99. The second kappa shape index (κ2) is 5.44. The van der Waals surface area contributed by atoms with Crippen LogP contribution in [0.15, 0.2) is 29.0 Å². The maximum absolute atomic E-state index is 4.58. The number of pyridine rings is 1. The first-order chi connectivity index (χ1) is 10.0. The molecule has 0 saturated heterocycles. The summed E-state index contributed by atoms with van der Waals surface area (Å²) >= 11 is 3.46. The van der Waals surface area contributed by atoms with Crippen molar-refractivity contribution in [2.45, 2.75) is 27.3 Å². The van der Waals surface area contributed by atoms with Crippen molar-refractivity contribution in [3.8, 4) is 0 Å². The predicted molar refractivity (Wildman–Crippen MR) is 86.5 cm³/mol. The monoisotopic (exact) mass is 345 g/mol. The van der Waals surface area contributed by atoms with Crippen molar-refractivity contribution in [2.75, 3.05) is 5.32 Å². The Bertz CT molecular complexity index is 809. The van der Waals surface area contributed by atoms with Crippen LogP contribution < -0.4 is 5.32 Å². The lowest BCUT2D eigenvalue weighted by molar-refractivity contribution is 0.961. The summed E-state index contributed by atoms with van der Waals surface area (Å²) in [6, 6.07) is 3.97. The maximum Gasteiger partial charge on any atom is 0.137 e. The van der Waals surface area contributed by atoms with E-state index in [1.54, 1.807) is 0 Å². The van der Waals surface area contributed by atoms with Crippen molar-refractivity contribution in [3.05, 3.63) is 51.8 Å². The summed E-state index contributed by atoms with van der Waals surface area (Å²) < 4.78 is 3.04. The highest BCUT2D eigenvalue weighted by molar-refractivity contribution is 9.10. The summed E-state index contributed by atoms with van der Waals surface area (Å²) in [7, 11) is 0. The third-order valence-corrected chi connectivity index (χ3v) is 3.87. The highest BCUT2D eigenvalue weighted by Crippen LogP contribution is 2.16. The van der Waals surface area contributed by atoms with Crippen LogP contribution in [0.2, 0.25) is 0 Å². The summed E-state index contributed by atoms with van der Waals surface area (Å²) in [6.07, 6.45) is 4.01. The Morgan fingerprint density at radius 1 is 1.10 bits per heavy atom. The summed E-state index contributed by atoms with van der Waals surface area (Å²) in [5, 5.41) is 3.35. The zero-order valence-corrected chi connectivity index (χ0v) is 13.8. The second-order valence-corrected chi connectivity index (χ2v) is 5.94. The van der Waals surface area contributed by atoms with Gasteiger partial charge in [0, 0.05) is 28.1 Å². The van der Waals surface area contributed by atoms with Gasteiger partial charge in [-0.25, -0.2) is 15.0 Å². The average molecular weight is 346 g/mol. The standard InChI is InChI=1S/C15H16BrN5/c1-9-10(2)18-11(3)19-15(9)17-6-13-8-21-7-12(16)4-5-14(21)20-13/h4-5,7-8H,6H2,1-3H3,(H,17,18,19). The zero-order valence-electron chi connectivity index (χ0n) is 12.2. The van der Waals surface area contributed by atoms with Gasteiger partial charge in [-0.2, -0.15) is 0 Å². The fourth-order valence-corrected chi connectivity index (χ4v) is 2.57. The SMILES string of the molecule is Cc1nc(C)c(C)c(NCc2cn3cc(Br)ccc3n2)n1. The smallest absolute Gasteiger partial charge is 0.137 e. The molecule has 0 unspecified atom stereocenters. The van der Waals surface area contributed by atoms with Gasteiger partial charge in [0.1, 0.15) is 17.3 Å². The van der Waals surface area contributed by atoms with Crippen molar-refractivity contribution in [1.82, 2.24) is 19.4 Å². The molecule has 0 aliphatic carbocycles. The highest BCUT2D eigenvalue weighted by atomic mass is 79.9. The third-order valence-electron chi connectivity index (χ3n) is 3.40. The molecule has 0 radical (unpaired) electrons. The van der Waals surface area contributed by atoms with Gasteiger partial charge < -0.3 is 9.72 Å². The number of imidazole rings is 1. The molecular weight excluding hydrogens is 330 g/mol. The molecule has 1 N–H and O–H groups in total. The van der Waals surface area contributed by atoms with Crippen molar-refractivity contribution < 1.29 is 0 Å². The van der Waals surface area contributed by atoms with Crippen molar-refractivity contribution in [2.24, 2.45) is 0 Å². The van der Waals surface area contributed by atoms with Gasteiger partial charge in [0.15, 0.2) is 0 Å². The third kappa shape index (κ3) is 2.90. The van der Waals surface area contributed by atoms with E-state index in [1.807, 2.05) is 49.7 Å². The number of halogens is 1. The van der Waals surface area contributed by atoms with Crippen LogP contribution in [0.5, 0.6) is 0 Å². The highest BCUT2D eigenvalue weighted by Gasteiger charge is 2.07. The molecule has 3 aromatic rings. The van der Waals surface area contributed by atoms with E-state index >= 15 is 0 Å². The molecule has 0 aliphatic heterocycles. The molecule has 0 spiro atoms. The minimum atomic E-state index is 0.635. The van der Waals surface area contributed by atoms with E-state index in [0.717, 1.165) is 38.7 Å². The zero-order chi connectivity index (χ0) is 15.0. The first-order valence-electron chi connectivity index (χ1n) is 6.72. The average Bonchev–Trinajstić information content (AvgIpc) is 2.83. The maximum atomic E-state index is 4.58. The molecule has 3 rings (SSSR count). The van der Waals surface area contributed by atoms with Crippen LogP contribution in [-0.2, 0) is 6.54 Å². The van der Waals surface area contributed by atoms with E-state index in [2.05, 4.69) is 36.2 Å². The van der Waals surface area contributed by atoms with Gasteiger partial charge in [-0.3, -0.25) is 0 Å². The van der Waals surface area contributed by atoms with Crippen molar-refractivity contribution >= 4 is 27.4 Å². The molecule has 108 valence electrons. The number of fused-ring (bicyclic) bond motifs is 1. The van der Waals surface area contributed by atoms with E-state index in [-0.39, 0.29) is 0 Å². The van der Waals surface area contributed by atoms with Crippen LogP contribution in [-0.4, -0.2) is 19.4 Å². The Morgan fingerprint density at radius 2 is 1.90 bits per heavy atom. The lowest BCUT2D eigenvalue weighted by atomic mass is 10.2. The number of hydrogen-bond donors (Lipinski definition) is 1. The van der Waals surface area contributed by atoms with Crippen LogP contribution in [0.4, 0.5) is 5.82 Å². The molecule has 6 heteroatoms. The largest absolute Gasteiger partial charge is 0.364 e. The van der Waals surface area contributed by atoms with Gasteiger partial charge in [0.05, 0.1) is 12.2 Å². The Kier molecular flexibility index (Phi) is 3.63. The number of aromatic nitrogens is 4. The molecule has 5 nitrogen and oxygen atoms in total. The van der Waals surface area contributed by atoms with Crippen LogP contribution in [0.3, 0.4) is 0 Å². The number of nitrogens with zero attached hydrogens (tertiary/aromatic N) is 4. The van der Waals surface area contributed by atoms with Crippen LogP contribution in [0.25, 0.3) is 5.65 Å². The van der Waals surface area contributed by atoms with E-state index in [1.165, 1.54) is 0 Å².